The van der Waals surface area contributed by atoms with Crippen LogP contribution in [-0.4, -0.2) is 43.6 Å². The van der Waals surface area contributed by atoms with E-state index in [2.05, 4.69) is 30.1 Å². The molecule has 2 aliphatic heterocycles. The van der Waals surface area contributed by atoms with E-state index in [1.165, 1.54) is 11.1 Å². The van der Waals surface area contributed by atoms with Crippen molar-refractivity contribution in [2.45, 2.75) is 37.8 Å². The van der Waals surface area contributed by atoms with Gasteiger partial charge in [0, 0.05) is 18.2 Å². The maximum Gasteiger partial charge on any atom is 0.231 e. The van der Waals surface area contributed by atoms with Gasteiger partial charge >= 0.3 is 0 Å². The number of benzene rings is 2. The van der Waals surface area contributed by atoms with Gasteiger partial charge in [-0.15, -0.1) is 0 Å². The van der Waals surface area contributed by atoms with Crippen molar-refractivity contribution in [3.8, 4) is 17.2 Å². The van der Waals surface area contributed by atoms with Gasteiger partial charge in [0.1, 0.15) is 0 Å². The third-order valence-corrected chi connectivity index (χ3v) is 5.65. The van der Waals surface area contributed by atoms with Crippen LogP contribution in [0.5, 0.6) is 17.2 Å². The molecule has 0 fully saturated rings. The summed E-state index contributed by atoms with van der Waals surface area (Å²) in [5.74, 6) is 2.21. The summed E-state index contributed by atoms with van der Waals surface area (Å²) in [5.41, 5.74) is 3.62. The Kier molecular flexibility index (Phi) is 5.23. The first-order valence-corrected chi connectivity index (χ1v) is 9.59. The highest BCUT2D eigenvalue weighted by Gasteiger charge is 2.34. The number of nitrogens with zero attached hydrogens (tertiary/aromatic N) is 1. The third-order valence-electron chi connectivity index (χ3n) is 5.65. The number of aliphatic hydroxyl groups excluding tert-OH is 1. The van der Waals surface area contributed by atoms with E-state index in [1.807, 2.05) is 18.2 Å². The monoisotopic (exact) mass is 369 g/mol. The summed E-state index contributed by atoms with van der Waals surface area (Å²) in [7, 11) is 3.79. The van der Waals surface area contributed by atoms with Gasteiger partial charge < -0.3 is 19.3 Å². The third kappa shape index (κ3) is 3.62. The van der Waals surface area contributed by atoms with Crippen LogP contribution >= 0.6 is 0 Å². The molecule has 2 unspecified atom stereocenters. The van der Waals surface area contributed by atoms with Crippen molar-refractivity contribution in [1.82, 2.24) is 4.90 Å². The standard InChI is InChI=1S/C22H27NO4/c1-23-11-10-16-12-19-21(27-14-26-19)22(25-2)20(16)18(23)13-17(24)9-8-15-6-4-3-5-7-15/h3-7,12,17-18,24H,8-11,13-14H2,1-2H3. The number of rotatable bonds is 6. The number of ether oxygens (including phenoxy) is 3. The molecule has 1 N–H and O–H groups in total. The van der Waals surface area contributed by atoms with E-state index >= 15 is 0 Å². The molecule has 0 aromatic heterocycles. The molecule has 2 aliphatic rings. The highest BCUT2D eigenvalue weighted by molar-refractivity contribution is 5.61. The largest absolute Gasteiger partial charge is 0.492 e. The fraction of sp³-hybridized carbons (Fsp3) is 0.455. The fourth-order valence-electron chi connectivity index (χ4n) is 4.18. The summed E-state index contributed by atoms with van der Waals surface area (Å²) in [5, 5.41) is 10.7. The molecule has 0 bridgehead atoms. The van der Waals surface area contributed by atoms with Crippen LogP contribution in [0.4, 0.5) is 0 Å². The Morgan fingerprint density at radius 3 is 2.85 bits per heavy atom. The molecule has 0 saturated carbocycles. The number of hydrogen-bond acceptors (Lipinski definition) is 5. The van der Waals surface area contributed by atoms with Gasteiger partial charge in [0.15, 0.2) is 11.5 Å². The summed E-state index contributed by atoms with van der Waals surface area (Å²) in [4.78, 5) is 2.30. The van der Waals surface area contributed by atoms with E-state index in [-0.39, 0.29) is 18.9 Å². The van der Waals surface area contributed by atoms with Crippen LogP contribution in [0.1, 0.15) is 35.6 Å². The lowest BCUT2D eigenvalue weighted by atomic mass is 9.87. The van der Waals surface area contributed by atoms with E-state index in [0.717, 1.165) is 42.9 Å². The molecule has 2 atom stereocenters. The van der Waals surface area contributed by atoms with Gasteiger partial charge in [-0.2, -0.15) is 0 Å². The van der Waals surface area contributed by atoms with E-state index in [1.54, 1.807) is 7.11 Å². The zero-order chi connectivity index (χ0) is 18.8. The van der Waals surface area contributed by atoms with Gasteiger partial charge in [0.2, 0.25) is 12.5 Å². The molecule has 4 rings (SSSR count). The molecule has 144 valence electrons. The number of methoxy groups -OCH3 is 1. The van der Waals surface area contributed by atoms with Crippen molar-refractivity contribution >= 4 is 0 Å². The van der Waals surface area contributed by atoms with Gasteiger partial charge in [-0.05, 0) is 49.9 Å². The minimum Gasteiger partial charge on any atom is -0.492 e. The number of aryl methyl sites for hydroxylation is 1. The van der Waals surface area contributed by atoms with E-state index in [4.69, 9.17) is 14.2 Å². The summed E-state index contributed by atoms with van der Waals surface area (Å²) in [6, 6.07) is 12.5. The van der Waals surface area contributed by atoms with Crippen LogP contribution in [0, 0.1) is 0 Å². The highest BCUT2D eigenvalue weighted by Crippen LogP contribution is 2.50. The molecule has 27 heavy (non-hydrogen) atoms. The molecule has 0 radical (unpaired) electrons. The first-order valence-electron chi connectivity index (χ1n) is 9.59. The van der Waals surface area contributed by atoms with E-state index in [0.29, 0.717) is 12.2 Å². The molecule has 5 heteroatoms. The number of fused-ring (bicyclic) bond motifs is 2. The molecular weight excluding hydrogens is 342 g/mol. The Morgan fingerprint density at radius 2 is 2.07 bits per heavy atom. The Labute approximate surface area is 160 Å². The topological polar surface area (TPSA) is 51.2 Å². The first-order chi connectivity index (χ1) is 13.2. The van der Waals surface area contributed by atoms with Gasteiger partial charge in [0.25, 0.3) is 0 Å². The summed E-state index contributed by atoms with van der Waals surface area (Å²) >= 11 is 0. The molecule has 2 aromatic rings. The Balaban J connectivity index is 1.55. The smallest absolute Gasteiger partial charge is 0.231 e. The molecule has 5 nitrogen and oxygen atoms in total. The van der Waals surface area contributed by atoms with Crippen molar-refractivity contribution in [2.24, 2.45) is 0 Å². The average molecular weight is 369 g/mol. The van der Waals surface area contributed by atoms with Crippen LogP contribution in [0.25, 0.3) is 0 Å². The van der Waals surface area contributed by atoms with Gasteiger partial charge in [-0.1, -0.05) is 30.3 Å². The lowest BCUT2D eigenvalue weighted by Crippen LogP contribution is -2.34. The second-order valence-corrected chi connectivity index (χ2v) is 7.38. The van der Waals surface area contributed by atoms with E-state index < -0.39 is 0 Å². The molecule has 0 spiro atoms. The van der Waals surface area contributed by atoms with Crippen molar-refractivity contribution in [1.29, 1.82) is 0 Å². The fourth-order valence-corrected chi connectivity index (χ4v) is 4.18. The van der Waals surface area contributed by atoms with Gasteiger partial charge in [0.05, 0.1) is 13.2 Å². The summed E-state index contributed by atoms with van der Waals surface area (Å²) < 4.78 is 17.0. The zero-order valence-corrected chi connectivity index (χ0v) is 16.0. The molecule has 0 saturated heterocycles. The lowest BCUT2D eigenvalue weighted by Gasteiger charge is -2.37. The maximum absolute atomic E-state index is 10.7. The quantitative estimate of drug-likeness (QED) is 0.846. The number of likely N-dealkylation sites (N-methyl/N-ethyl adjacent to an activating group) is 1. The summed E-state index contributed by atoms with van der Waals surface area (Å²) in [6.07, 6.45) is 2.86. The second-order valence-electron chi connectivity index (χ2n) is 7.38. The molecule has 0 aliphatic carbocycles. The predicted molar refractivity (Wildman–Crippen MR) is 104 cm³/mol. The molecule has 2 heterocycles. The molecule has 2 aromatic carbocycles. The number of aliphatic hydroxyl groups is 1. The van der Waals surface area contributed by atoms with Crippen molar-refractivity contribution < 1.29 is 19.3 Å². The summed E-state index contributed by atoms with van der Waals surface area (Å²) in [6.45, 7) is 1.18. The molecular formula is C22H27NO4. The second kappa shape index (κ2) is 7.79. The Morgan fingerprint density at radius 1 is 1.26 bits per heavy atom. The van der Waals surface area contributed by atoms with Crippen LogP contribution in [0.15, 0.2) is 36.4 Å². The minimum absolute atomic E-state index is 0.101. The highest BCUT2D eigenvalue weighted by atomic mass is 16.7. The maximum atomic E-state index is 10.7. The minimum atomic E-state index is -0.376. The Hall–Kier alpha value is -2.24. The van der Waals surface area contributed by atoms with Crippen LogP contribution in [0.2, 0.25) is 0 Å². The SMILES string of the molecule is COc1c2c(cc3c1C(CC(O)CCc1ccccc1)N(C)CC3)OCO2. The average Bonchev–Trinajstić information content (AvgIpc) is 3.16. The van der Waals surface area contributed by atoms with Crippen LogP contribution in [-0.2, 0) is 12.8 Å². The zero-order valence-electron chi connectivity index (χ0n) is 16.0. The van der Waals surface area contributed by atoms with Crippen molar-refractivity contribution in [3.05, 3.63) is 53.1 Å². The van der Waals surface area contributed by atoms with Crippen molar-refractivity contribution in [2.75, 3.05) is 27.5 Å². The normalized spacial score (nSPS) is 19.6. The van der Waals surface area contributed by atoms with E-state index in [9.17, 15) is 5.11 Å². The lowest BCUT2D eigenvalue weighted by molar-refractivity contribution is 0.101. The van der Waals surface area contributed by atoms with Gasteiger partial charge in [-0.3, -0.25) is 4.90 Å². The molecule has 0 amide bonds. The number of hydrogen-bond donors (Lipinski definition) is 1. The van der Waals surface area contributed by atoms with Crippen LogP contribution in [0.3, 0.4) is 0 Å². The van der Waals surface area contributed by atoms with Crippen molar-refractivity contribution in [3.63, 3.8) is 0 Å². The van der Waals surface area contributed by atoms with Gasteiger partial charge in [-0.25, -0.2) is 0 Å². The van der Waals surface area contributed by atoms with Crippen LogP contribution < -0.4 is 14.2 Å². The first kappa shape index (κ1) is 18.1. The Bertz CT molecular complexity index is 793. The predicted octanol–water partition coefficient (Wildman–Crippen LogP) is 3.34.